The molecule has 100 valence electrons. The summed E-state index contributed by atoms with van der Waals surface area (Å²) in [5.41, 5.74) is 0.463. The number of ether oxygens (including phenoxy) is 1. The monoisotopic (exact) mass is 343 g/mol. The number of phenols is 1. The molecule has 19 heavy (non-hydrogen) atoms. The van der Waals surface area contributed by atoms with Gasteiger partial charge in [0.15, 0.2) is 16.7 Å². The fourth-order valence-corrected chi connectivity index (χ4v) is 2.46. The van der Waals surface area contributed by atoms with Gasteiger partial charge in [0.05, 0.1) is 19.1 Å². The second kappa shape index (κ2) is 6.07. The summed E-state index contributed by atoms with van der Waals surface area (Å²) < 4.78 is 5.77. The van der Waals surface area contributed by atoms with Crippen molar-refractivity contribution in [3.05, 3.63) is 22.2 Å². The normalized spacial score (nSPS) is 17.2. The molecule has 8 heteroatoms. The van der Waals surface area contributed by atoms with Gasteiger partial charge >= 0.3 is 0 Å². The van der Waals surface area contributed by atoms with Crippen LogP contribution in [0.3, 0.4) is 0 Å². The molecule has 1 fully saturated rings. The Bertz CT molecular complexity index is 575. The Balaban J connectivity index is 2.19. The number of methoxy groups -OCH3 is 1. The molecule has 2 rings (SSSR count). The van der Waals surface area contributed by atoms with Crippen molar-refractivity contribution >= 4 is 45.0 Å². The third-order valence-electron chi connectivity index (χ3n) is 2.22. The number of benzene rings is 1. The van der Waals surface area contributed by atoms with Crippen LogP contribution in [-0.2, 0) is 4.79 Å². The van der Waals surface area contributed by atoms with Gasteiger partial charge in [-0.1, -0.05) is 27.7 Å². The lowest BCUT2D eigenvalue weighted by atomic mass is 10.2. The molecule has 1 saturated heterocycles. The molecule has 0 bridgehead atoms. The van der Waals surface area contributed by atoms with Crippen molar-refractivity contribution < 1.29 is 14.6 Å². The van der Waals surface area contributed by atoms with Crippen LogP contribution in [0.25, 0.3) is 0 Å². The summed E-state index contributed by atoms with van der Waals surface area (Å²) in [5, 5.41) is 20.6. The Morgan fingerprint density at radius 1 is 1.58 bits per heavy atom. The van der Waals surface area contributed by atoms with E-state index < -0.39 is 0 Å². The number of nitrogens with one attached hydrogen (secondary N) is 1. The highest BCUT2D eigenvalue weighted by molar-refractivity contribution is 9.10. The zero-order valence-corrected chi connectivity index (χ0v) is 12.3. The number of amides is 1. The van der Waals surface area contributed by atoms with Crippen LogP contribution in [0.5, 0.6) is 11.5 Å². The summed E-state index contributed by atoms with van der Waals surface area (Å²) in [6, 6.07) is 3.33. The Labute approximate surface area is 122 Å². The van der Waals surface area contributed by atoms with Crippen molar-refractivity contribution in [1.82, 2.24) is 5.32 Å². The number of hydrogen-bond donors (Lipinski definition) is 2. The van der Waals surface area contributed by atoms with Crippen molar-refractivity contribution in [3.63, 3.8) is 0 Å². The lowest BCUT2D eigenvalue weighted by Crippen LogP contribution is -2.19. The van der Waals surface area contributed by atoms with Gasteiger partial charge in [0, 0.05) is 10.0 Å². The van der Waals surface area contributed by atoms with Crippen LogP contribution in [0.4, 0.5) is 0 Å². The molecule has 1 aliphatic rings. The average molecular weight is 344 g/mol. The van der Waals surface area contributed by atoms with E-state index >= 15 is 0 Å². The molecule has 0 spiro atoms. The average Bonchev–Trinajstić information content (AvgIpc) is 2.79. The number of rotatable bonds is 3. The quantitative estimate of drug-likeness (QED) is 0.646. The second-order valence-corrected chi connectivity index (χ2v) is 5.41. The van der Waals surface area contributed by atoms with Crippen LogP contribution in [0, 0.1) is 0 Å². The molecule has 0 aromatic heterocycles. The van der Waals surface area contributed by atoms with Crippen LogP contribution in [0.2, 0.25) is 0 Å². The first-order valence-electron chi connectivity index (χ1n) is 5.20. The molecule has 1 heterocycles. The van der Waals surface area contributed by atoms with E-state index in [2.05, 4.69) is 31.4 Å². The number of hydrogen-bond acceptors (Lipinski definition) is 6. The molecule has 1 amide bonds. The summed E-state index contributed by atoms with van der Waals surface area (Å²) in [6.07, 6.45) is 1.39. The lowest BCUT2D eigenvalue weighted by molar-refractivity contribution is -0.116. The molecular formula is C11H10BrN3O3S. The van der Waals surface area contributed by atoms with Gasteiger partial charge in [0.2, 0.25) is 5.91 Å². The van der Waals surface area contributed by atoms with Crippen LogP contribution in [-0.4, -0.2) is 35.3 Å². The molecule has 1 aliphatic heterocycles. The smallest absolute Gasteiger partial charge is 0.236 e. The van der Waals surface area contributed by atoms with Crippen molar-refractivity contribution in [2.75, 3.05) is 12.9 Å². The first-order chi connectivity index (χ1) is 9.10. The van der Waals surface area contributed by atoms with Gasteiger partial charge in [-0.25, -0.2) is 0 Å². The Kier molecular flexibility index (Phi) is 4.43. The van der Waals surface area contributed by atoms with Crippen LogP contribution in [0.1, 0.15) is 5.56 Å². The van der Waals surface area contributed by atoms with E-state index in [0.717, 1.165) is 4.47 Å². The minimum Gasteiger partial charge on any atom is -0.504 e. The SMILES string of the molecule is COc1cc(Br)cc(/C=N/N=C2\NC(=O)CS2)c1O. The zero-order valence-electron chi connectivity index (χ0n) is 9.88. The minimum atomic E-state index is -0.0917. The fourth-order valence-electron chi connectivity index (χ4n) is 1.37. The number of thioether (sulfide) groups is 1. The molecule has 0 radical (unpaired) electrons. The highest BCUT2D eigenvalue weighted by Crippen LogP contribution is 2.32. The second-order valence-electron chi connectivity index (χ2n) is 3.53. The predicted octanol–water partition coefficient (Wildman–Crippen LogP) is 1.72. The first-order valence-corrected chi connectivity index (χ1v) is 6.98. The van der Waals surface area contributed by atoms with E-state index in [4.69, 9.17) is 4.74 Å². The van der Waals surface area contributed by atoms with E-state index in [1.807, 2.05) is 0 Å². The molecule has 2 N–H and O–H groups in total. The van der Waals surface area contributed by atoms with E-state index in [1.165, 1.54) is 25.1 Å². The third-order valence-corrected chi connectivity index (χ3v) is 3.54. The van der Waals surface area contributed by atoms with E-state index in [1.54, 1.807) is 12.1 Å². The maximum atomic E-state index is 10.9. The van der Waals surface area contributed by atoms with E-state index in [-0.39, 0.29) is 11.7 Å². The molecule has 6 nitrogen and oxygen atoms in total. The summed E-state index contributed by atoms with van der Waals surface area (Å²) in [5.74, 6) is 0.584. The van der Waals surface area contributed by atoms with Crippen LogP contribution in [0.15, 0.2) is 26.8 Å². The standard InChI is InChI=1S/C11H10BrN3O3S/c1-18-8-3-7(12)2-6(10(8)17)4-13-15-11-14-9(16)5-19-11/h2-4,17H,5H2,1H3,(H,14,15,16)/b13-4+. The van der Waals surface area contributed by atoms with Gasteiger partial charge in [-0.05, 0) is 12.1 Å². The molecule has 1 aromatic carbocycles. The Morgan fingerprint density at radius 3 is 3.00 bits per heavy atom. The van der Waals surface area contributed by atoms with Crippen molar-refractivity contribution in [1.29, 1.82) is 0 Å². The van der Waals surface area contributed by atoms with E-state index in [0.29, 0.717) is 22.2 Å². The Hall–Kier alpha value is -1.54. The molecule has 1 aromatic rings. The maximum Gasteiger partial charge on any atom is 0.236 e. The van der Waals surface area contributed by atoms with Gasteiger partial charge in [-0.15, -0.1) is 5.10 Å². The summed E-state index contributed by atoms with van der Waals surface area (Å²) >= 11 is 4.58. The summed E-state index contributed by atoms with van der Waals surface area (Å²) in [4.78, 5) is 10.9. The highest BCUT2D eigenvalue weighted by atomic mass is 79.9. The summed E-state index contributed by atoms with van der Waals surface area (Å²) in [7, 11) is 1.47. The van der Waals surface area contributed by atoms with Gasteiger partial charge in [-0.2, -0.15) is 5.10 Å². The highest BCUT2D eigenvalue weighted by Gasteiger charge is 2.16. The lowest BCUT2D eigenvalue weighted by Gasteiger charge is -2.06. The molecular weight excluding hydrogens is 334 g/mol. The van der Waals surface area contributed by atoms with Gasteiger partial charge in [0.25, 0.3) is 0 Å². The Morgan fingerprint density at radius 2 is 2.37 bits per heavy atom. The van der Waals surface area contributed by atoms with Crippen LogP contribution >= 0.6 is 27.7 Å². The third kappa shape index (κ3) is 3.48. The number of halogens is 1. The molecule has 0 aliphatic carbocycles. The van der Waals surface area contributed by atoms with Crippen molar-refractivity contribution in [3.8, 4) is 11.5 Å². The molecule has 0 saturated carbocycles. The minimum absolute atomic E-state index is 0.0160. The van der Waals surface area contributed by atoms with Crippen molar-refractivity contribution in [2.24, 2.45) is 10.2 Å². The molecule has 0 atom stereocenters. The number of carbonyl (C=O) groups excluding carboxylic acids is 1. The van der Waals surface area contributed by atoms with Gasteiger partial charge < -0.3 is 15.2 Å². The fraction of sp³-hybridized carbons (Fsp3) is 0.182. The number of amidine groups is 1. The van der Waals surface area contributed by atoms with E-state index in [9.17, 15) is 9.90 Å². The number of phenolic OH excluding ortho intramolecular Hbond substituents is 1. The van der Waals surface area contributed by atoms with Crippen molar-refractivity contribution in [2.45, 2.75) is 0 Å². The largest absolute Gasteiger partial charge is 0.504 e. The molecule has 0 unspecified atom stereocenters. The maximum absolute atomic E-state index is 10.9. The summed E-state index contributed by atoms with van der Waals surface area (Å²) in [6.45, 7) is 0. The van der Waals surface area contributed by atoms with Crippen LogP contribution < -0.4 is 10.1 Å². The topological polar surface area (TPSA) is 83.3 Å². The zero-order chi connectivity index (χ0) is 13.8. The van der Waals surface area contributed by atoms with Gasteiger partial charge in [-0.3, -0.25) is 4.79 Å². The number of aromatic hydroxyl groups is 1. The van der Waals surface area contributed by atoms with Gasteiger partial charge in [0.1, 0.15) is 0 Å². The number of nitrogens with zero attached hydrogens (tertiary/aromatic N) is 2. The number of carbonyl (C=O) groups is 1. The first kappa shape index (κ1) is 13.9. The predicted molar refractivity (Wildman–Crippen MR) is 78.0 cm³/mol.